The average Bonchev–Trinajstić information content (AvgIpc) is 3.10. The molecule has 0 aliphatic carbocycles. The molecule has 0 radical (unpaired) electrons. The van der Waals surface area contributed by atoms with Crippen LogP contribution in [0, 0.1) is 0 Å². The standard InChI is InChI=1S/C21H25ClN2O3S/c1-4-21(20(25)14-27-2,15-8-10-16(22)11-9-15)24-13-12-17-18(23-28(3)26)6-5-7-19(17)24/h5-13,20,23,25H,4,14H2,1-3H3. The summed E-state index contributed by atoms with van der Waals surface area (Å²) in [6.45, 7) is 2.23. The van der Waals surface area contributed by atoms with E-state index in [0.717, 1.165) is 22.2 Å². The summed E-state index contributed by atoms with van der Waals surface area (Å²) in [6.07, 6.45) is 3.42. The number of hydrogen-bond donors (Lipinski definition) is 2. The fourth-order valence-corrected chi connectivity index (χ4v) is 4.51. The Kier molecular flexibility index (Phi) is 6.45. The number of fused-ring (bicyclic) bond motifs is 1. The van der Waals surface area contributed by atoms with E-state index >= 15 is 0 Å². The normalized spacial score (nSPS) is 15.9. The highest BCUT2D eigenvalue weighted by molar-refractivity contribution is 7.85. The minimum atomic E-state index is -1.18. The van der Waals surface area contributed by atoms with Crippen LogP contribution in [0.3, 0.4) is 0 Å². The van der Waals surface area contributed by atoms with Crippen molar-refractivity contribution in [1.82, 2.24) is 4.57 Å². The molecule has 0 spiro atoms. The molecule has 1 aromatic heterocycles. The predicted octanol–water partition coefficient (Wildman–Crippen LogP) is 4.16. The van der Waals surface area contributed by atoms with Crippen LogP contribution >= 0.6 is 11.6 Å². The van der Waals surface area contributed by atoms with Gasteiger partial charge in [-0.3, -0.25) is 0 Å². The second kappa shape index (κ2) is 8.66. The minimum absolute atomic E-state index is 0.188. The van der Waals surface area contributed by atoms with Crippen molar-refractivity contribution in [3.8, 4) is 0 Å². The second-order valence-electron chi connectivity index (χ2n) is 6.74. The van der Waals surface area contributed by atoms with E-state index in [9.17, 15) is 9.32 Å². The number of methoxy groups -OCH3 is 1. The molecule has 3 unspecified atom stereocenters. The highest BCUT2D eigenvalue weighted by atomic mass is 35.5. The van der Waals surface area contributed by atoms with Gasteiger partial charge in [0, 0.05) is 30.0 Å². The molecule has 0 saturated heterocycles. The molecule has 0 bridgehead atoms. The van der Waals surface area contributed by atoms with Crippen LogP contribution in [0.4, 0.5) is 5.69 Å². The third-order valence-corrected chi connectivity index (χ3v) is 5.93. The summed E-state index contributed by atoms with van der Waals surface area (Å²) in [6, 6.07) is 15.3. The van der Waals surface area contributed by atoms with Gasteiger partial charge in [0.2, 0.25) is 0 Å². The molecule has 3 rings (SSSR count). The molecule has 28 heavy (non-hydrogen) atoms. The van der Waals surface area contributed by atoms with Gasteiger partial charge in [-0.05, 0) is 42.3 Å². The fourth-order valence-electron chi connectivity index (χ4n) is 3.90. The molecule has 0 aliphatic heterocycles. The topological polar surface area (TPSA) is 63.5 Å². The maximum atomic E-state index is 11.7. The Bertz CT molecular complexity index is 973. The molecule has 3 aromatic rings. The Morgan fingerprint density at radius 2 is 1.96 bits per heavy atom. The van der Waals surface area contributed by atoms with Crippen molar-refractivity contribution in [2.75, 3.05) is 24.7 Å². The molecule has 2 aromatic carbocycles. The Morgan fingerprint density at radius 1 is 1.25 bits per heavy atom. The lowest BCUT2D eigenvalue weighted by Gasteiger charge is -2.40. The van der Waals surface area contributed by atoms with Gasteiger partial charge in [-0.2, -0.15) is 0 Å². The molecule has 7 heteroatoms. The van der Waals surface area contributed by atoms with E-state index in [-0.39, 0.29) is 6.61 Å². The molecule has 150 valence electrons. The van der Waals surface area contributed by atoms with Crippen molar-refractivity contribution in [2.24, 2.45) is 0 Å². The Morgan fingerprint density at radius 3 is 2.57 bits per heavy atom. The summed E-state index contributed by atoms with van der Waals surface area (Å²) in [7, 11) is 0.401. The molecule has 0 aliphatic rings. The SMILES string of the molecule is CCC(c1ccc(Cl)cc1)(C(O)COC)n1ccc2c(NS(C)=O)cccc21. The molecule has 0 saturated carbocycles. The number of aliphatic hydroxyl groups is 1. The van der Waals surface area contributed by atoms with E-state index in [0.29, 0.717) is 11.4 Å². The van der Waals surface area contributed by atoms with Crippen LogP contribution in [0.5, 0.6) is 0 Å². The van der Waals surface area contributed by atoms with Gasteiger partial charge in [-0.25, -0.2) is 4.21 Å². The van der Waals surface area contributed by atoms with E-state index < -0.39 is 22.6 Å². The Labute approximate surface area is 172 Å². The van der Waals surface area contributed by atoms with Gasteiger partial charge in [0.1, 0.15) is 17.1 Å². The van der Waals surface area contributed by atoms with Crippen molar-refractivity contribution in [2.45, 2.75) is 25.0 Å². The zero-order valence-corrected chi connectivity index (χ0v) is 17.8. The number of ether oxygens (including phenoxy) is 1. The van der Waals surface area contributed by atoms with Crippen LogP contribution in [-0.4, -0.2) is 40.0 Å². The van der Waals surface area contributed by atoms with E-state index in [1.165, 1.54) is 0 Å². The minimum Gasteiger partial charge on any atom is -0.388 e. The number of nitrogens with zero attached hydrogens (tertiary/aromatic N) is 1. The maximum Gasteiger partial charge on any atom is 0.113 e. The van der Waals surface area contributed by atoms with Crippen molar-refractivity contribution in [3.63, 3.8) is 0 Å². The van der Waals surface area contributed by atoms with Gasteiger partial charge in [0.25, 0.3) is 0 Å². The van der Waals surface area contributed by atoms with Crippen LogP contribution in [-0.2, 0) is 21.3 Å². The first-order chi connectivity index (χ1) is 13.4. The van der Waals surface area contributed by atoms with Crippen LogP contribution in [0.1, 0.15) is 18.9 Å². The molecule has 5 nitrogen and oxygen atoms in total. The Balaban J connectivity index is 2.26. The number of halogens is 1. The zero-order valence-electron chi connectivity index (χ0n) is 16.2. The van der Waals surface area contributed by atoms with Gasteiger partial charge in [-0.1, -0.05) is 36.7 Å². The van der Waals surface area contributed by atoms with Crippen molar-refractivity contribution in [1.29, 1.82) is 0 Å². The molecule has 3 atom stereocenters. The lowest BCUT2D eigenvalue weighted by molar-refractivity contribution is -0.00445. The molecular formula is C21H25ClN2O3S. The summed E-state index contributed by atoms with van der Waals surface area (Å²) in [5.74, 6) is 0. The van der Waals surface area contributed by atoms with Gasteiger partial charge in [0.15, 0.2) is 0 Å². The van der Waals surface area contributed by atoms with Gasteiger partial charge < -0.3 is 19.1 Å². The average molecular weight is 421 g/mol. The van der Waals surface area contributed by atoms with Gasteiger partial charge in [-0.15, -0.1) is 0 Å². The number of nitrogens with one attached hydrogen (secondary N) is 1. The fraction of sp³-hybridized carbons (Fsp3) is 0.333. The summed E-state index contributed by atoms with van der Waals surface area (Å²) < 4.78 is 22.1. The lowest BCUT2D eigenvalue weighted by atomic mass is 9.81. The molecular weight excluding hydrogens is 396 g/mol. The first-order valence-electron chi connectivity index (χ1n) is 9.07. The van der Waals surface area contributed by atoms with E-state index in [1.807, 2.05) is 61.7 Å². The quantitative estimate of drug-likeness (QED) is 0.575. The van der Waals surface area contributed by atoms with Crippen LogP contribution < -0.4 is 4.72 Å². The maximum absolute atomic E-state index is 11.7. The highest BCUT2D eigenvalue weighted by Crippen LogP contribution is 2.39. The highest BCUT2D eigenvalue weighted by Gasteiger charge is 2.40. The third-order valence-electron chi connectivity index (χ3n) is 5.18. The van der Waals surface area contributed by atoms with E-state index in [4.69, 9.17) is 16.3 Å². The number of benzene rings is 2. The van der Waals surface area contributed by atoms with Gasteiger partial charge in [0.05, 0.1) is 23.3 Å². The van der Waals surface area contributed by atoms with Crippen molar-refractivity contribution < 1.29 is 14.1 Å². The largest absolute Gasteiger partial charge is 0.388 e. The van der Waals surface area contributed by atoms with Crippen LogP contribution in [0.2, 0.25) is 5.02 Å². The van der Waals surface area contributed by atoms with Crippen molar-refractivity contribution in [3.05, 3.63) is 65.3 Å². The molecule has 0 amide bonds. The zero-order chi connectivity index (χ0) is 20.3. The van der Waals surface area contributed by atoms with E-state index in [1.54, 1.807) is 13.4 Å². The summed E-state index contributed by atoms with van der Waals surface area (Å²) >= 11 is 6.10. The Hall–Kier alpha value is -1.86. The smallest absolute Gasteiger partial charge is 0.113 e. The van der Waals surface area contributed by atoms with Crippen LogP contribution in [0.15, 0.2) is 54.7 Å². The molecule has 1 heterocycles. The number of rotatable bonds is 8. The summed E-state index contributed by atoms with van der Waals surface area (Å²) in [5, 5.41) is 12.8. The first kappa shape index (κ1) is 20.9. The monoisotopic (exact) mass is 420 g/mol. The third kappa shape index (κ3) is 3.70. The number of aliphatic hydroxyl groups excluding tert-OH is 1. The van der Waals surface area contributed by atoms with Crippen molar-refractivity contribution >= 4 is 39.2 Å². The second-order valence-corrected chi connectivity index (χ2v) is 8.28. The van der Waals surface area contributed by atoms with Gasteiger partial charge >= 0.3 is 0 Å². The number of hydrogen-bond acceptors (Lipinski definition) is 3. The number of anilines is 1. The summed E-state index contributed by atoms with van der Waals surface area (Å²) in [5.41, 5.74) is 1.92. The molecule has 2 N–H and O–H groups in total. The van der Waals surface area contributed by atoms with E-state index in [2.05, 4.69) is 9.29 Å². The molecule has 0 fully saturated rings. The van der Waals surface area contributed by atoms with Crippen LogP contribution in [0.25, 0.3) is 10.9 Å². The summed E-state index contributed by atoms with van der Waals surface area (Å²) in [4.78, 5) is 0. The predicted molar refractivity (Wildman–Crippen MR) is 116 cm³/mol. The first-order valence-corrected chi connectivity index (χ1v) is 11.0. The number of aromatic nitrogens is 1. The lowest BCUT2D eigenvalue weighted by Crippen LogP contribution is -2.47.